The van der Waals surface area contributed by atoms with Gasteiger partial charge in [-0.05, 0) is 35.4 Å². The van der Waals surface area contributed by atoms with Crippen LogP contribution in [0.2, 0.25) is 0 Å². The Labute approximate surface area is 172 Å². The zero-order chi connectivity index (χ0) is 22.1. The number of halogens is 3. The zero-order valence-corrected chi connectivity index (χ0v) is 17.0. The molecule has 1 saturated heterocycles. The first-order valence-electron chi connectivity index (χ1n) is 8.98. The molecule has 0 saturated carbocycles. The molecule has 0 spiro atoms. The van der Waals surface area contributed by atoms with E-state index in [4.69, 9.17) is 9.47 Å². The van der Waals surface area contributed by atoms with Crippen molar-refractivity contribution in [1.82, 2.24) is 4.31 Å². The molecule has 6 nitrogen and oxygen atoms in total. The SMILES string of the molecule is COC(=O)[C@H]1C[C@H](OC)CN1S(=O)(=O)c1ccc(-c2cccc(C(F)(F)F)c2)cc1. The second-order valence-electron chi connectivity index (χ2n) is 6.81. The van der Waals surface area contributed by atoms with Gasteiger partial charge in [0.1, 0.15) is 6.04 Å². The summed E-state index contributed by atoms with van der Waals surface area (Å²) in [5.74, 6) is -0.682. The van der Waals surface area contributed by atoms with E-state index in [0.29, 0.717) is 11.1 Å². The van der Waals surface area contributed by atoms with Gasteiger partial charge in [0, 0.05) is 20.1 Å². The highest BCUT2D eigenvalue weighted by Crippen LogP contribution is 2.33. The lowest BCUT2D eigenvalue weighted by molar-refractivity contribution is -0.144. The fourth-order valence-electron chi connectivity index (χ4n) is 3.39. The highest BCUT2D eigenvalue weighted by atomic mass is 32.2. The van der Waals surface area contributed by atoms with Crippen molar-refractivity contribution >= 4 is 16.0 Å². The molecular formula is C20H20F3NO5S. The Morgan fingerprint density at radius 2 is 1.73 bits per heavy atom. The standard InChI is InChI=1S/C20H20F3NO5S/c1-28-16-11-18(19(25)29-2)24(12-16)30(26,27)17-8-6-13(7-9-17)14-4-3-5-15(10-14)20(21,22)23/h3-10,16,18H,11-12H2,1-2H3/t16-,18+/m0/s1. The molecule has 2 atom stereocenters. The first-order chi connectivity index (χ1) is 14.1. The highest BCUT2D eigenvalue weighted by Gasteiger charge is 2.44. The quantitative estimate of drug-likeness (QED) is 0.663. The fraction of sp³-hybridized carbons (Fsp3) is 0.350. The number of carbonyl (C=O) groups excluding carboxylic acids is 1. The van der Waals surface area contributed by atoms with E-state index in [-0.39, 0.29) is 17.9 Å². The summed E-state index contributed by atoms with van der Waals surface area (Å²) in [5.41, 5.74) is -0.0529. The van der Waals surface area contributed by atoms with Crippen molar-refractivity contribution in [2.24, 2.45) is 0 Å². The van der Waals surface area contributed by atoms with Crippen LogP contribution >= 0.6 is 0 Å². The van der Waals surface area contributed by atoms with Crippen molar-refractivity contribution in [2.75, 3.05) is 20.8 Å². The molecule has 0 bridgehead atoms. The predicted molar refractivity (Wildman–Crippen MR) is 102 cm³/mol. The lowest BCUT2D eigenvalue weighted by Gasteiger charge is -2.22. The van der Waals surface area contributed by atoms with Crippen LogP contribution in [0.5, 0.6) is 0 Å². The second kappa shape index (κ2) is 8.37. The molecule has 1 heterocycles. The Balaban J connectivity index is 1.91. The van der Waals surface area contributed by atoms with Crippen molar-refractivity contribution in [2.45, 2.75) is 29.6 Å². The van der Waals surface area contributed by atoms with Crippen LogP contribution < -0.4 is 0 Å². The Morgan fingerprint density at radius 1 is 1.07 bits per heavy atom. The maximum absolute atomic E-state index is 13.1. The van der Waals surface area contributed by atoms with Crippen LogP contribution in [-0.2, 0) is 30.5 Å². The minimum Gasteiger partial charge on any atom is -0.468 e. The van der Waals surface area contributed by atoms with Crippen molar-refractivity contribution in [3.05, 3.63) is 54.1 Å². The van der Waals surface area contributed by atoms with Gasteiger partial charge in [0.25, 0.3) is 0 Å². The molecule has 1 fully saturated rings. The molecule has 2 aromatic carbocycles. The molecule has 2 aromatic rings. The molecule has 0 unspecified atom stereocenters. The van der Waals surface area contributed by atoms with E-state index < -0.39 is 39.9 Å². The summed E-state index contributed by atoms with van der Waals surface area (Å²) >= 11 is 0. The van der Waals surface area contributed by atoms with Gasteiger partial charge in [0.2, 0.25) is 10.0 Å². The number of ether oxygens (including phenoxy) is 2. The van der Waals surface area contributed by atoms with Gasteiger partial charge in [-0.15, -0.1) is 0 Å². The summed E-state index contributed by atoms with van der Waals surface area (Å²) in [6.45, 7) is -0.00597. The van der Waals surface area contributed by atoms with Gasteiger partial charge >= 0.3 is 12.1 Å². The summed E-state index contributed by atoms with van der Waals surface area (Å²) in [5, 5.41) is 0. The van der Waals surface area contributed by atoms with E-state index in [0.717, 1.165) is 16.4 Å². The van der Waals surface area contributed by atoms with E-state index >= 15 is 0 Å². The zero-order valence-electron chi connectivity index (χ0n) is 16.2. The fourth-order valence-corrected chi connectivity index (χ4v) is 5.01. The third-order valence-corrected chi connectivity index (χ3v) is 6.90. The van der Waals surface area contributed by atoms with E-state index in [1.165, 1.54) is 50.6 Å². The van der Waals surface area contributed by atoms with Crippen LogP contribution in [0.25, 0.3) is 11.1 Å². The summed E-state index contributed by atoms with van der Waals surface area (Å²) in [6, 6.07) is 9.23. The summed E-state index contributed by atoms with van der Waals surface area (Å²) in [6.07, 6.45) is -4.76. The Bertz CT molecular complexity index is 1020. The monoisotopic (exact) mass is 443 g/mol. The van der Waals surface area contributed by atoms with Crippen molar-refractivity contribution in [3.8, 4) is 11.1 Å². The largest absolute Gasteiger partial charge is 0.468 e. The second-order valence-corrected chi connectivity index (χ2v) is 8.70. The molecule has 0 aromatic heterocycles. The third kappa shape index (κ3) is 4.35. The van der Waals surface area contributed by atoms with Gasteiger partial charge in [0.05, 0.1) is 23.7 Å². The average Bonchev–Trinajstić information content (AvgIpc) is 3.18. The van der Waals surface area contributed by atoms with Crippen LogP contribution in [0.3, 0.4) is 0 Å². The lowest BCUT2D eigenvalue weighted by Crippen LogP contribution is -2.41. The summed E-state index contributed by atoms with van der Waals surface area (Å²) in [4.78, 5) is 12.0. The lowest BCUT2D eigenvalue weighted by atomic mass is 10.0. The number of esters is 1. The number of benzene rings is 2. The summed E-state index contributed by atoms with van der Waals surface area (Å²) in [7, 11) is -1.44. The van der Waals surface area contributed by atoms with Crippen molar-refractivity contribution in [1.29, 1.82) is 0 Å². The van der Waals surface area contributed by atoms with Crippen LogP contribution in [0.15, 0.2) is 53.4 Å². The number of carbonyl (C=O) groups is 1. The highest BCUT2D eigenvalue weighted by molar-refractivity contribution is 7.89. The molecule has 3 rings (SSSR count). The molecule has 0 aliphatic carbocycles. The molecule has 162 valence electrons. The van der Waals surface area contributed by atoms with Crippen LogP contribution in [-0.4, -0.2) is 51.6 Å². The molecular weight excluding hydrogens is 423 g/mol. The number of hydrogen-bond donors (Lipinski definition) is 0. The molecule has 0 radical (unpaired) electrons. The van der Waals surface area contributed by atoms with Crippen molar-refractivity contribution in [3.63, 3.8) is 0 Å². The van der Waals surface area contributed by atoms with E-state index in [2.05, 4.69) is 0 Å². The van der Waals surface area contributed by atoms with Crippen LogP contribution in [0.4, 0.5) is 13.2 Å². The Kier molecular flexibility index (Phi) is 6.21. The molecule has 0 N–H and O–H groups in total. The molecule has 0 amide bonds. The Morgan fingerprint density at radius 3 is 2.30 bits per heavy atom. The number of methoxy groups -OCH3 is 2. The van der Waals surface area contributed by atoms with Gasteiger partial charge in [-0.2, -0.15) is 17.5 Å². The molecule has 30 heavy (non-hydrogen) atoms. The van der Waals surface area contributed by atoms with Gasteiger partial charge in [-0.25, -0.2) is 8.42 Å². The topological polar surface area (TPSA) is 72.9 Å². The summed E-state index contributed by atoms with van der Waals surface area (Å²) < 4.78 is 75.9. The van der Waals surface area contributed by atoms with Gasteiger partial charge in [-0.1, -0.05) is 24.3 Å². The maximum Gasteiger partial charge on any atom is 0.416 e. The molecule has 10 heteroatoms. The first kappa shape index (κ1) is 22.3. The molecule has 1 aliphatic heterocycles. The van der Waals surface area contributed by atoms with Crippen LogP contribution in [0, 0.1) is 0 Å². The number of rotatable bonds is 5. The van der Waals surface area contributed by atoms with Gasteiger partial charge < -0.3 is 9.47 Å². The Hall–Kier alpha value is -2.43. The van der Waals surface area contributed by atoms with Gasteiger partial charge in [0.15, 0.2) is 0 Å². The van der Waals surface area contributed by atoms with Crippen LogP contribution in [0.1, 0.15) is 12.0 Å². The third-order valence-electron chi connectivity index (χ3n) is 5.01. The number of nitrogens with zero attached hydrogens (tertiary/aromatic N) is 1. The number of alkyl halides is 3. The predicted octanol–water partition coefficient (Wildman–Crippen LogP) is 3.32. The number of sulfonamides is 1. The van der Waals surface area contributed by atoms with E-state index in [1.54, 1.807) is 0 Å². The average molecular weight is 443 g/mol. The first-order valence-corrected chi connectivity index (χ1v) is 10.4. The van der Waals surface area contributed by atoms with Crippen molar-refractivity contribution < 1.29 is 35.9 Å². The maximum atomic E-state index is 13.1. The number of hydrogen-bond acceptors (Lipinski definition) is 5. The van der Waals surface area contributed by atoms with E-state index in [1.807, 2.05) is 0 Å². The van der Waals surface area contributed by atoms with Gasteiger partial charge in [-0.3, -0.25) is 4.79 Å². The smallest absolute Gasteiger partial charge is 0.416 e. The van der Waals surface area contributed by atoms with E-state index in [9.17, 15) is 26.4 Å². The normalized spacial score (nSPS) is 20.3. The minimum absolute atomic E-state index is 0.00597. The minimum atomic E-state index is -4.48. The molecule has 1 aliphatic rings.